The van der Waals surface area contributed by atoms with Crippen molar-refractivity contribution in [3.8, 4) is 0 Å². The Balaban J connectivity index is 2.62. The fourth-order valence-corrected chi connectivity index (χ4v) is 2.23. The zero-order chi connectivity index (χ0) is 14.8. The van der Waals surface area contributed by atoms with E-state index in [-0.39, 0.29) is 0 Å². The lowest BCUT2D eigenvalue weighted by molar-refractivity contribution is -0.160. The number of benzene rings is 2. The quantitative estimate of drug-likeness (QED) is 0.636. The molecule has 0 atom stereocenters. The van der Waals surface area contributed by atoms with Gasteiger partial charge in [-0.05, 0) is 29.3 Å². The minimum absolute atomic E-state index is 0.551. The van der Waals surface area contributed by atoms with Crippen molar-refractivity contribution in [1.29, 1.82) is 0 Å². The van der Waals surface area contributed by atoms with Crippen molar-refractivity contribution < 1.29 is 19.1 Å². The molecule has 0 radical (unpaired) electrons. The maximum atomic E-state index is 12.0. The summed E-state index contributed by atoms with van der Waals surface area (Å²) in [6, 6.07) is 13.1. The SMILES string of the molecule is COC(=O)C(C)(C(=O)OC)c1ccc2ccccc2c1. The van der Waals surface area contributed by atoms with Gasteiger partial charge < -0.3 is 9.47 Å². The molecule has 0 aliphatic heterocycles. The number of esters is 2. The summed E-state index contributed by atoms with van der Waals surface area (Å²) in [6.45, 7) is 1.51. The Kier molecular flexibility index (Phi) is 3.74. The molecular weight excluding hydrogens is 256 g/mol. The van der Waals surface area contributed by atoms with Crippen molar-refractivity contribution >= 4 is 22.7 Å². The Morgan fingerprint density at radius 3 is 2.00 bits per heavy atom. The minimum Gasteiger partial charge on any atom is -0.468 e. The van der Waals surface area contributed by atoms with Gasteiger partial charge in [-0.25, -0.2) is 0 Å². The monoisotopic (exact) mass is 272 g/mol. The molecule has 0 N–H and O–H groups in total. The number of rotatable bonds is 3. The van der Waals surface area contributed by atoms with E-state index < -0.39 is 17.4 Å². The molecule has 0 aromatic heterocycles. The van der Waals surface area contributed by atoms with E-state index >= 15 is 0 Å². The standard InChI is InChI=1S/C16H16O4/c1-16(14(17)19-2,15(18)20-3)13-9-8-11-6-4-5-7-12(11)10-13/h4-10H,1-3H3. The van der Waals surface area contributed by atoms with Gasteiger partial charge in [0.2, 0.25) is 0 Å². The van der Waals surface area contributed by atoms with Gasteiger partial charge in [0.25, 0.3) is 0 Å². The highest BCUT2D eigenvalue weighted by Crippen LogP contribution is 2.29. The summed E-state index contributed by atoms with van der Waals surface area (Å²) in [6.07, 6.45) is 0. The molecule has 0 fully saturated rings. The van der Waals surface area contributed by atoms with Crippen LogP contribution in [0.15, 0.2) is 42.5 Å². The minimum atomic E-state index is -1.46. The van der Waals surface area contributed by atoms with E-state index in [4.69, 9.17) is 9.47 Å². The summed E-state index contributed by atoms with van der Waals surface area (Å²) < 4.78 is 9.53. The van der Waals surface area contributed by atoms with E-state index in [1.54, 1.807) is 6.07 Å². The molecule has 0 unspecified atom stereocenters. The molecular formula is C16H16O4. The Labute approximate surface area is 117 Å². The van der Waals surface area contributed by atoms with E-state index in [1.807, 2.05) is 36.4 Å². The van der Waals surface area contributed by atoms with Gasteiger partial charge in [0.05, 0.1) is 14.2 Å². The second-order valence-electron chi connectivity index (χ2n) is 4.67. The first-order chi connectivity index (χ1) is 9.53. The van der Waals surface area contributed by atoms with Gasteiger partial charge in [0, 0.05) is 0 Å². The number of hydrogen-bond acceptors (Lipinski definition) is 4. The third-order valence-electron chi connectivity index (χ3n) is 3.51. The highest BCUT2D eigenvalue weighted by Gasteiger charge is 2.45. The average Bonchev–Trinajstić information content (AvgIpc) is 2.51. The van der Waals surface area contributed by atoms with Gasteiger partial charge in [0.1, 0.15) is 0 Å². The predicted molar refractivity (Wildman–Crippen MR) is 75.3 cm³/mol. The smallest absolute Gasteiger partial charge is 0.327 e. The number of ether oxygens (including phenoxy) is 2. The zero-order valence-electron chi connectivity index (χ0n) is 11.7. The van der Waals surface area contributed by atoms with E-state index in [9.17, 15) is 9.59 Å². The van der Waals surface area contributed by atoms with E-state index in [1.165, 1.54) is 21.1 Å². The van der Waals surface area contributed by atoms with Crippen LogP contribution in [0.2, 0.25) is 0 Å². The fourth-order valence-electron chi connectivity index (χ4n) is 2.23. The summed E-state index contributed by atoms with van der Waals surface area (Å²) in [5.74, 6) is -1.28. The molecule has 0 spiro atoms. The maximum absolute atomic E-state index is 12.0. The second kappa shape index (κ2) is 5.33. The van der Waals surface area contributed by atoms with Gasteiger partial charge in [-0.2, -0.15) is 0 Å². The second-order valence-corrected chi connectivity index (χ2v) is 4.67. The highest BCUT2D eigenvalue weighted by molar-refractivity contribution is 6.06. The van der Waals surface area contributed by atoms with Crippen molar-refractivity contribution in [2.45, 2.75) is 12.3 Å². The molecule has 0 aliphatic rings. The summed E-state index contributed by atoms with van der Waals surface area (Å²) in [4.78, 5) is 24.1. The third kappa shape index (κ3) is 2.13. The number of carbonyl (C=O) groups is 2. The number of fused-ring (bicyclic) bond motifs is 1. The normalized spacial score (nSPS) is 11.2. The van der Waals surface area contributed by atoms with Crippen molar-refractivity contribution in [3.63, 3.8) is 0 Å². The van der Waals surface area contributed by atoms with E-state index in [2.05, 4.69) is 0 Å². The average molecular weight is 272 g/mol. The first kappa shape index (κ1) is 14.1. The van der Waals surface area contributed by atoms with Crippen LogP contribution in [0.25, 0.3) is 10.8 Å². The van der Waals surface area contributed by atoms with Crippen molar-refractivity contribution in [3.05, 3.63) is 48.0 Å². The van der Waals surface area contributed by atoms with Crippen LogP contribution >= 0.6 is 0 Å². The summed E-state index contributed by atoms with van der Waals surface area (Å²) in [5.41, 5.74) is -0.914. The molecule has 0 aliphatic carbocycles. The highest BCUT2D eigenvalue weighted by atomic mass is 16.5. The molecule has 20 heavy (non-hydrogen) atoms. The van der Waals surface area contributed by atoms with Gasteiger partial charge in [-0.3, -0.25) is 9.59 Å². The molecule has 4 heteroatoms. The first-order valence-corrected chi connectivity index (χ1v) is 6.20. The van der Waals surface area contributed by atoms with Gasteiger partial charge in [-0.15, -0.1) is 0 Å². The molecule has 0 saturated carbocycles. The van der Waals surface area contributed by atoms with Crippen molar-refractivity contribution in [1.82, 2.24) is 0 Å². The number of hydrogen-bond donors (Lipinski definition) is 0. The molecule has 0 heterocycles. The Morgan fingerprint density at radius 1 is 0.900 bits per heavy atom. The molecule has 104 valence electrons. The molecule has 0 amide bonds. The molecule has 2 aromatic rings. The lowest BCUT2D eigenvalue weighted by atomic mass is 9.81. The molecule has 4 nitrogen and oxygen atoms in total. The van der Waals surface area contributed by atoms with Crippen LogP contribution in [0.3, 0.4) is 0 Å². The molecule has 0 bridgehead atoms. The number of carbonyl (C=O) groups excluding carboxylic acids is 2. The summed E-state index contributed by atoms with van der Waals surface area (Å²) in [5, 5.41) is 1.98. The van der Waals surface area contributed by atoms with Crippen molar-refractivity contribution in [2.75, 3.05) is 14.2 Å². The largest absolute Gasteiger partial charge is 0.468 e. The Hall–Kier alpha value is -2.36. The lowest BCUT2D eigenvalue weighted by Crippen LogP contribution is -2.42. The first-order valence-electron chi connectivity index (χ1n) is 6.20. The van der Waals surface area contributed by atoms with Crippen LogP contribution in [0, 0.1) is 0 Å². The van der Waals surface area contributed by atoms with E-state index in [0.29, 0.717) is 5.56 Å². The van der Waals surface area contributed by atoms with Crippen LogP contribution in [0.5, 0.6) is 0 Å². The molecule has 2 aromatic carbocycles. The van der Waals surface area contributed by atoms with Crippen molar-refractivity contribution in [2.24, 2.45) is 0 Å². The molecule has 2 rings (SSSR count). The lowest BCUT2D eigenvalue weighted by Gasteiger charge is -2.24. The summed E-state index contributed by atoms with van der Waals surface area (Å²) in [7, 11) is 2.51. The van der Waals surface area contributed by atoms with Crippen LogP contribution in [-0.2, 0) is 24.5 Å². The Bertz CT molecular complexity index is 644. The maximum Gasteiger partial charge on any atom is 0.327 e. The van der Waals surface area contributed by atoms with Gasteiger partial charge in [0.15, 0.2) is 5.41 Å². The Morgan fingerprint density at radius 2 is 1.45 bits per heavy atom. The van der Waals surface area contributed by atoms with Crippen LogP contribution in [0.1, 0.15) is 12.5 Å². The van der Waals surface area contributed by atoms with E-state index in [0.717, 1.165) is 10.8 Å². The number of methoxy groups -OCH3 is 2. The zero-order valence-corrected chi connectivity index (χ0v) is 11.7. The topological polar surface area (TPSA) is 52.6 Å². The van der Waals surface area contributed by atoms with Crippen LogP contribution < -0.4 is 0 Å². The fraction of sp³-hybridized carbons (Fsp3) is 0.250. The van der Waals surface area contributed by atoms with Gasteiger partial charge >= 0.3 is 11.9 Å². The van der Waals surface area contributed by atoms with Gasteiger partial charge in [-0.1, -0.05) is 36.4 Å². The molecule has 0 saturated heterocycles. The predicted octanol–water partition coefficient (Wildman–Crippen LogP) is 2.44. The van der Waals surface area contributed by atoms with Crippen LogP contribution in [-0.4, -0.2) is 26.2 Å². The third-order valence-corrected chi connectivity index (χ3v) is 3.51. The summed E-state index contributed by atoms with van der Waals surface area (Å²) >= 11 is 0. The van der Waals surface area contributed by atoms with Crippen LogP contribution in [0.4, 0.5) is 0 Å².